The van der Waals surface area contributed by atoms with Crippen molar-refractivity contribution in [2.24, 2.45) is 5.92 Å². The van der Waals surface area contributed by atoms with E-state index >= 15 is 0 Å². The SMILES string of the molecule is Cl.Cl.Cl.O=C(NCCCCN1CCN(c2ccccc2)CC1)C1CCNC1. The van der Waals surface area contributed by atoms with Crippen LogP contribution in [-0.4, -0.2) is 63.2 Å². The molecule has 1 aromatic carbocycles. The van der Waals surface area contributed by atoms with Crippen LogP contribution < -0.4 is 15.5 Å². The second-order valence-electron chi connectivity index (χ2n) is 6.85. The minimum atomic E-state index is 0. The van der Waals surface area contributed by atoms with Crippen molar-refractivity contribution in [3.8, 4) is 0 Å². The number of anilines is 1. The summed E-state index contributed by atoms with van der Waals surface area (Å²) in [5, 5.41) is 6.33. The first-order valence-corrected chi connectivity index (χ1v) is 9.34. The van der Waals surface area contributed by atoms with E-state index in [1.807, 2.05) is 0 Å². The fraction of sp³-hybridized carbons (Fsp3) is 0.632. The second kappa shape index (κ2) is 14.3. The standard InChI is InChI=1S/C19H30N4O.3ClH/c24-19(17-8-10-20-16-17)21-9-4-5-11-22-12-14-23(15-13-22)18-6-2-1-3-7-18;;;/h1-3,6-7,17,20H,4-5,8-16H2,(H,21,24);3*1H. The van der Waals surface area contributed by atoms with Gasteiger partial charge >= 0.3 is 0 Å². The monoisotopic (exact) mass is 438 g/mol. The number of nitrogens with one attached hydrogen (secondary N) is 2. The zero-order chi connectivity index (χ0) is 16.6. The molecule has 2 heterocycles. The molecule has 156 valence electrons. The van der Waals surface area contributed by atoms with E-state index in [0.717, 1.165) is 71.6 Å². The highest BCUT2D eigenvalue weighted by atomic mass is 35.5. The van der Waals surface area contributed by atoms with Crippen molar-refractivity contribution < 1.29 is 4.79 Å². The van der Waals surface area contributed by atoms with Crippen LogP contribution in [0.5, 0.6) is 0 Å². The molecule has 2 aliphatic rings. The minimum Gasteiger partial charge on any atom is -0.369 e. The Morgan fingerprint density at radius 2 is 1.74 bits per heavy atom. The summed E-state index contributed by atoms with van der Waals surface area (Å²) in [6, 6.07) is 10.7. The summed E-state index contributed by atoms with van der Waals surface area (Å²) in [5.74, 6) is 0.424. The number of amides is 1. The Morgan fingerprint density at radius 1 is 1.04 bits per heavy atom. The van der Waals surface area contributed by atoms with Crippen molar-refractivity contribution >= 4 is 48.8 Å². The topological polar surface area (TPSA) is 47.6 Å². The van der Waals surface area contributed by atoms with Gasteiger partial charge < -0.3 is 15.5 Å². The van der Waals surface area contributed by atoms with Gasteiger partial charge in [-0.1, -0.05) is 18.2 Å². The molecular formula is C19H33Cl3N4O. The van der Waals surface area contributed by atoms with E-state index in [1.165, 1.54) is 5.69 Å². The molecule has 2 saturated heterocycles. The van der Waals surface area contributed by atoms with Gasteiger partial charge in [-0.2, -0.15) is 0 Å². The predicted molar refractivity (Wildman–Crippen MR) is 120 cm³/mol. The Bertz CT molecular complexity index is 507. The fourth-order valence-corrected chi connectivity index (χ4v) is 3.56. The highest BCUT2D eigenvalue weighted by Crippen LogP contribution is 2.15. The van der Waals surface area contributed by atoms with Gasteiger partial charge in [-0.25, -0.2) is 0 Å². The van der Waals surface area contributed by atoms with E-state index in [-0.39, 0.29) is 49.0 Å². The molecule has 2 N–H and O–H groups in total. The van der Waals surface area contributed by atoms with Crippen LogP contribution in [0.25, 0.3) is 0 Å². The lowest BCUT2D eigenvalue weighted by atomic mass is 10.1. The Balaban J connectivity index is 0.00000225. The molecule has 1 aromatic rings. The smallest absolute Gasteiger partial charge is 0.224 e. The second-order valence-corrected chi connectivity index (χ2v) is 6.85. The van der Waals surface area contributed by atoms with Crippen LogP contribution in [-0.2, 0) is 4.79 Å². The number of halogens is 3. The van der Waals surface area contributed by atoms with Gasteiger partial charge in [-0.05, 0) is 44.5 Å². The number of hydrogen-bond donors (Lipinski definition) is 2. The van der Waals surface area contributed by atoms with Gasteiger partial charge in [-0.15, -0.1) is 37.2 Å². The fourth-order valence-electron chi connectivity index (χ4n) is 3.56. The van der Waals surface area contributed by atoms with Crippen LogP contribution in [0, 0.1) is 5.92 Å². The summed E-state index contributed by atoms with van der Waals surface area (Å²) in [4.78, 5) is 16.9. The molecule has 0 radical (unpaired) electrons. The molecule has 1 unspecified atom stereocenters. The third-order valence-electron chi connectivity index (χ3n) is 5.13. The van der Waals surface area contributed by atoms with Crippen LogP contribution in [0.2, 0.25) is 0 Å². The number of piperazine rings is 1. The third-order valence-corrected chi connectivity index (χ3v) is 5.13. The van der Waals surface area contributed by atoms with Crippen molar-refractivity contribution in [2.45, 2.75) is 19.3 Å². The van der Waals surface area contributed by atoms with Crippen LogP contribution in [0.1, 0.15) is 19.3 Å². The molecule has 1 amide bonds. The summed E-state index contributed by atoms with van der Waals surface area (Å²) in [6.45, 7) is 8.27. The van der Waals surface area contributed by atoms with Gasteiger partial charge in [-0.3, -0.25) is 9.69 Å². The lowest BCUT2D eigenvalue weighted by Gasteiger charge is -2.36. The molecule has 0 aliphatic carbocycles. The van der Waals surface area contributed by atoms with Crippen molar-refractivity contribution in [1.29, 1.82) is 0 Å². The first kappa shape index (κ1) is 26.3. The number of carbonyl (C=O) groups is 1. The molecule has 0 spiro atoms. The van der Waals surface area contributed by atoms with E-state index in [4.69, 9.17) is 0 Å². The molecule has 3 rings (SSSR count). The zero-order valence-electron chi connectivity index (χ0n) is 15.8. The maximum Gasteiger partial charge on any atom is 0.224 e. The Labute approximate surface area is 181 Å². The lowest BCUT2D eigenvalue weighted by molar-refractivity contribution is -0.124. The highest BCUT2D eigenvalue weighted by molar-refractivity contribution is 5.86. The van der Waals surface area contributed by atoms with Crippen molar-refractivity contribution in [2.75, 3.05) is 57.3 Å². The van der Waals surface area contributed by atoms with Crippen LogP contribution in [0.3, 0.4) is 0 Å². The number of nitrogens with zero attached hydrogens (tertiary/aromatic N) is 2. The third kappa shape index (κ3) is 8.44. The van der Waals surface area contributed by atoms with Gasteiger partial charge in [0.05, 0.1) is 5.92 Å². The summed E-state index contributed by atoms with van der Waals surface area (Å²) >= 11 is 0. The minimum absolute atomic E-state index is 0. The maximum absolute atomic E-state index is 11.9. The van der Waals surface area contributed by atoms with Crippen LogP contribution >= 0.6 is 37.2 Å². The van der Waals surface area contributed by atoms with Crippen LogP contribution in [0.15, 0.2) is 30.3 Å². The summed E-state index contributed by atoms with van der Waals surface area (Å²) in [5.41, 5.74) is 1.33. The van der Waals surface area contributed by atoms with Gasteiger partial charge in [0, 0.05) is 45.0 Å². The van der Waals surface area contributed by atoms with E-state index in [9.17, 15) is 4.79 Å². The normalized spacial score (nSPS) is 19.4. The average Bonchev–Trinajstić information content (AvgIpc) is 3.17. The molecule has 5 nitrogen and oxygen atoms in total. The lowest BCUT2D eigenvalue weighted by Crippen LogP contribution is -2.46. The molecule has 0 aromatic heterocycles. The van der Waals surface area contributed by atoms with Gasteiger partial charge in [0.1, 0.15) is 0 Å². The summed E-state index contributed by atoms with van der Waals surface area (Å²) < 4.78 is 0. The Kier molecular flexibility index (Phi) is 13.9. The number of unbranched alkanes of at least 4 members (excludes halogenated alkanes) is 1. The summed E-state index contributed by atoms with van der Waals surface area (Å²) in [7, 11) is 0. The average molecular weight is 440 g/mol. The molecule has 1 atom stereocenters. The molecule has 2 aliphatic heterocycles. The van der Waals surface area contributed by atoms with E-state index in [2.05, 4.69) is 50.8 Å². The van der Waals surface area contributed by atoms with E-state index in [0.29, 0.717) is 0 Å². The Hall–Kier alpha value is -0.720. The summed E-state index contributed by atoms with van der Waals surface area (Å²) in [6.07, 6.45) is 3.22. The van der Waals surface area contributed by atoms with Crippen LogP contribution in [0.4, 0.5) is 5.69 Å². The molecular weight excluding hydrogens is 407 g/mol. The molecule has 27 heavy (non-hydrogen) atoms. The van der Waals surface area contributed by atoms with E-state index in [1.54, 1.807) is 0 Å². The zero-order valence-corrected chi connectivity index (χ0v) is 18.2. The molecule has 8 heteroatoms. The van der Waals surface area contributed by atoms with E-state index < -0.39 is 0 Å². The van der Waals surface area contributed by atoms with Gasteiger partial charge in [0.2, 0.25) is 5.91 Å². The van der Waals surface area contributed by atoms with Crippen molar-refractivity contribution in [3.05, 3.63) is 30.3 Å². The van der Waals surface area contributed by atoms with Crippen molar-refractivity contribution in [1.82, 2.24) is 15.5 Å². The highest BCUT2D eigenvalue weighted by Gasteiger charge is 2.21. The maximum atomic E-state index is 11.9. The van der Waals surface area contributed by atoms with Crippen molar-refractivity contribution in [3.63, 3.8) is 0 Å². The molecule has 2 fully saturated rings. The first-order chi connectivity index (χ1) is 11.8. The number of benzene rings is 1. The number of carbonyl (C=O) groups excluding carboxylic acids is 1. The Morgan fingerprint density at radius 3 is 2.37 bits per heavy atom. The first-order valence-electron chi connectivity index (χ1n) is 9.34. The predicted octanol–water partition coefficient (Wildman–Crippen LogP) is 2.58. The van der Waals surface area contributed by atoms with Gasteiger partial charge in [0.15, 0.2) is 0 Å². The quantitative estimate of drug-likeness (QED) is 0.641. The number of hydrogen-bond acceptors (Lipinski definition) is 4. The number of rotatable bonds is 7. The van der Waals surface area contributed by atoms with Gasteiger partial charge in [0.25, 0.3) is 0 Å². The molecule has 0 saturated carbocycles. The number of para-hydroxylation sites is 1. The molecule has 0 bridgehead atoms. The largest absolute Gasteiger partial charge is 0.369 e.